The van der Waals surface area contributed by atoms with E-state index in [1.807, 2.05) is 31.2 Å². The van der Waals surface area contributed by atoms with Crippen molar-refractivity contribution in [1.82, 2.24) is 9.97 Å². The van der Waals surface area contributed by atoms with E-state index in [-0.39, 0.29) is 22.6 Å². The van der Waals surface area contributed by atoms with Gasteiger partial charge in [-0.3, -0.25) is 0 Å². The number of nitrogens with two attached hydrogens (primary N) is 1. The first-order chi connectivity index (χ1) is 16.4. The Labute approximate surface area is 202 Å². The molecule has 0 radical (unpaired) electrons. The fourth-order valence-electron chi connectivity index (χ4n) is 3.19. The molecule has 10 heteroatoms. The van der Waals surface area contributed by atoms with Crippen LogP contribution in [0.25, 0.3) is 11.1 Å². The maximum atomic E-state index is 13.9. The zero-order valence-electron chi connectivity index (χ0n) is 17.8. The molecule has 0 saturated heterocycles. The van der Waals surface area contributed by atoms with Crippen LogP contribution in [0.2, 0.25) is 0 Å². The molecule has 6 nitrogen and oxygen atoms in total. The normalized spacial score (nSPS) is 10.5. The smallest absolute Gasteiger partial charge is 0.187 e. The maximum Gasteiger partial charge on any atom is 0.187 e. The molecule has 0 aliphatic rings. The molecule has 0 unspecified atom stereocenters. The van der Waals surface area contributed by atoms with Gasteiger partial charge in [0.15, 0.2) is 5.13 Å². The third-order valence-electron chi connectivity index (χ3n) is 4.83. The molecule has 0 fully saturated rings. The number of hydrogen-bond donors (Lipinski definition) is 2. The highest BCUT2D eigenvalue weighted by Crippen LogP contribution is 2.37. The van der Waals surface area contributed by atoms with E-state index in [1.54, 1.807) is 5.38 Å². The maximum absolute atomic E-state index is 13.9. The molecule has 2 aromatic heterocycles. The second kappa shape index (κ2) is 9.87. The number of benzene rings is 2. The van der Waals surface area contributed by atoms with Gasteiger partial charge in [0.1, 0.15) is 40.2 Å². The van der Waals surface area contributed by atoms with Crippen LogP contribution in [0.3, 0.4) is 0 Å². The lowest BCUT2D eigenvalue weighted by atomic mass is 9.96. The van der Waals surface area contributed by atoms with E-state index in [1.165, 1.54) is 23.1 Å². The van der Waals surface area contributed by atoms with Gasteiger partial charge < -0.3 is 11.1 Å². The molecule has 0 atom stereocenters. The van der Waals surface area contributed by atoms with Crippen LogP contribution < -0.4 is 11.1 Å². The van der Waals surface area contributed by atoms with E-state index in [0.29, 0.717) is 32.7 Å². The van der Waals surface area contributed by atoms with Crippen molar-refractivity contribution < 1.29 is 8.78 Å². The van der Waals surface area contributed by atoms with Crippen LogP contribution in [0.5, 0.6) is 0 Å². The number of aryl methyl sites for hydroxylation is 1. The number of aromatic nitrogens is 2. The number of anilines is 3. The van der Waals surface area contributed by atoms with Gasteiger partial charge in [-0.15, -0.1) is 11.3 Å². The Morgan fingerprint density at radius 2 is 1.79 bits per heavy atom. The molecule has 2 heterocycles. The summed E-state index contributed by atoms with van der Waals surface area (Å²) in [7, 11) is 0. The fraction of sp³-hybridized carbons (Fsp3) is 0.0833. The van der Waals surface area contributed by atoms with Crippen LogP contribution in [-0.2, 0) is 5.75 Å². The number of nitrogens with one attached hydrogen (secondary N) is 1. The molecule has 0 saturated carbocycles. The minimum atomic E-state index is -0.591. The van der Waals surface area contributed by atoms with Crippen LogP contribution in [0.4, 0.5) is 25.4 Å². The number of hydrogen-bond acceptors (Lipinski definition) is 8. The van der Waals surface area contributed by atoms with Crippen molar-refractivity contribution in [3.63, 3.8) is 0 Å². The lowest BCUT2D eigenvalue weighted by Gasteiger charge is -2.13. The number of nitriles is 2. The Morgan fingerprint density at radius 1 is 1.06 bits per heavy atom. The summed E-state index contributed by atoms with van der Waals surface area (Å²) < 4.78 is 27.3. The molecule has 34 heavy (non-hydrogen) atoms. The van der Waals surface area contributed by atoms with Crippen molar-refractivity contribution in [3.05, 3.63) is 81.9 Å². The first-order valence-electron chi connectivity index (χ1n) is 9.89. The molecular formula is C24H16F2N6S2. The van der Waals surface area contributed by atoms with E-state index < -0.39 is 11.6 Å². The summed E-state index contributed by atoms with van der Waals surface area (Å²) in [6, 6.07) is 14.8. The van der Waals surface area contributed by atoms with E-state index in [0.717, 1.165) is 23.8 Å². The number of nitrogen functional groups attached to an aromatic ring is 1. The predicted octanol–water partition coefficient (Wildman–Crippen LogP) is 6.15. The average Bonchev–Trinajstić information content (AvgIpc) is 3.27. The zero-order valence-corrected chi connectivity index (χ0v) is 19.4. The second-order valence-electron chi connectivity index (χ2n) is 7.20. The van der Waals surface area contributed by atoms with Gasteiger partial charge in [0.05, 0.1) is 16.9 Å². The third-order valence-corrected chi connectivity index (χ3v) is 6.65. The van der Waals surface area contributed by atoms with Crippen LogP contribution in [0.15, 0.2) is 52.9 Å². The minimum absolute atomic E-state index is 0.00964. The van der Waals surface area contributed by atoms with Gasteiger partial charge in [-0.2, -0.15) is 10.5 Å². The molecule has 0 aliphatic heterocycles. The highest BCUT2D eigenvalue weighted by atomic mass is 32.2. The number of thioether (sulfide) groups is 1. The highest BCUT2D eigenvalue weighted by Gasteiger charge is 2.21. The Bertz CT molecular complexity index is 1450. The zero-order chi connectivity index (χ0) is 24.2. The number of halogens is 2. The Balaban J connectivity index is 1.60. The van der Waals surface area contributed by atoms with Crippen molar-refractivity contribution in [1.29, 1.82) is 10.5 Å². The quantitative estimate of drug-likeness (QED) is 0.312. The SMILES string of the molecule is Cc1ccc(-c2c(C#N)c(N)nc(SCc3csc(Nc4cc(F)ccc4F)n3)c2C#N)cc1. The molecule has 2 aromatic carbocycles. The van der Waals surface area contributed by atoms with Gasteiger partial charge in [0.25, 0.3) is 0 Å². The van der Waals surface area contributed by atoms with E-state index in [2.05, 4.69) is 27.4 Å². The number of pyridine rings is 1. The summed E-state index contributed by atoms with van der Waals surface area (Å²) in [6.45, 7) is 1.95. The van der Waals surface area contributed by atoms with Crippen molar-refractivity contribution >= 4 is 39.7 Å². The average molecular weight is 491 g/mol. The summed E-state index contributed by atoms with van der Waals surface area (Å²) in [6.07, 6.45) is 0. The van der Waals surface area contributed by atoms with Crippen molar-refractivity contribution in [2.75, 3.05) is 11.1 Å². The van der Waals surface area contributed by atoms with Gasteiger partial charge in [0, 0.05) is 22.8 Å². The molecular weight excluding hydrogens is 474 g/mol. The topological polar surface area (TPSA) is 111 Å². The van der Waals surface area contributed by atoms with Crippen molar-refractivity contribution in [3.8, 4) is 23.3 Å². The third kappa shape index (κ3) is 4.84. The number of rotatable bonds is 6. The molecule has 3 N–H and O–H groups in total. The van der Waals surface area contributed by atoms with Gasteiger partial charge in [-0.1, -0.05) is 41.6 Å². The Kier molecular flexibility index (Phi) is 6.73. The van der Waals surface area contributed by atoms with E-state index in [4.69, 9.17) is 5.73 Å². The molecule has 0 aliphatic carbocycles. The van der Waals surface area contributed by atoms with Crippen LogP contribution in [-0.4, -0.2) is 9.97 Å². The van der Waals surface area contributed by atoms with Crippen molar-refractivity contribution in [2.24, 2.45) is 0 Å². The standard InChI is InChI=1S/C24H16F2N6S2/c1-13-2-4-14(5-3-13)21-17(9-27)22(29)32-23(18(21)10-28)33-11-16-12-34-24(30-16)31-20-8-15(25)6-7-19(20)26/h2-8,12H,11H2,1H3,(H2,29,32)(H,30,31). The lowest BCUT2D eigenvalue weighted by Crippen LogP contribution is -2.03. The second-order valence-corrected chi connectivity index (χ2v) is 9.02. The Morgan fingerprint density at radius 3 is 2.50 bits per heavy atom. The minimum Gasteiger partial charge on any atom is -0.383 e. The van der Waals surface area contributed by atoms with E-state index in [9.17, 15) is 19.3 Å². The fourth-order valence-corrected chi connectivity index (χ4v) is 4.91. The lowest BCUT2D eigenvalue weighted by molar-refractivity contribution is 0.603. The van der Waals surface area contributed by atoms with Gasteiger partial charge in [0.2, 0.25) is 0 Å². The monoisotopic (exact) mass is 490 g/mol. The molecule has 0 spiro atoms. The summed E-state index contributed by atoms with van der Waals surface area (Å²) in [5.41, 5.74) is 9.31. The van der Waals surface area contributed by atoms with Crippen LogP contribution in [0, 0.1) is 41.2 Å². The molecule has 168 valence electrons. The molecule has 0 bridgehead atoms. The molecule has 4 rings (SSSR count). The van der Waals surface area contributed by atoms with Crippen LogP contribution >= 0.6 is 23.1 Å². The summed E-state index contributed by atoms with van der Waals surface area (Å²) >= 11 is 2.49. The first kappa shape index (κ1) is 23.2. The van der Waals surface area contributed by atoms with E-state index >= 15 is 0 Å². The van der Waals surface area contributed by atoms with Gasteiger partial charge in [-0.05, 0) is 24.6 Å². The van der Waals surface area contributed by atoms with Gasteiger partial charge in [-0.25, -0.2) is 18.7 Å². The highest BCUT2D eigenvalue weighted by molar-refractivity contribution is 7.98. The van der Waals surface area contributed by atoms with Gasteiger partial charge >= 0.3 is 0 Å². The Hall–Kier alpha value is -3.99. The summed E-state index contributed by atoms with van der Waals surface area (Å²) in [5.74, 6) is -0.757. The largest absolute Gasteiger partial charge is 0.383 e. The molecule has 4 aromatic rings. The summed E-state index contributed by atoms with van der Waals surface area (Å²) in [4.78, 5) is 8.69. The number of nitrogens with zero attached hydrogens (tertiary/aromatic N) is 4. The van der Waals surface area contributed by atoms with Crippen LogP contribution in [0.1, 0.15) is 22.4 Å². The molecule has 0 amide bonds. The summed E-state index contributed by atoms with van der Waals surface area (Å²) in [5, 5.41) is 24.9. The first-order valence-corrected chi connectivity index (χ1v) is 11.8. The van der Waals surface area contributed by atoms with Crippen molar-refractivity contribution in [2.45, 2.75) is 17.7 Å². The number of thiazole rings is 1. The predicted molar refractivity (Wildman–Crippen MR) is 130 cm³/mol.